The van der Waals surface area contributed by atoms with Crippen LogP contribution in [0.5, 0.6) is 0 Å². The van der Waals surface area contributed by atoms with Crippen molar-refractivity contribution in [3.63, 3.8) is 0 Å². The summed E-state index contributed by atoms with van der Waals surface area (Å²) in [6.45, 7) is 3.71. The molecule has 3 heterocycles. The Bertz CT molecular complexity index is 664. The standard InChI is InChI=1S/C14H21N7O/c1-19(2)14-17-12(7-13(22)18-14)11-3-4-20(8-11)5-6-21-10-15-9-16-21/h7,9-11H,3-6,8H2,1-2H3,(H,17,18,22). The van der Waals surface area contributed by atoms with Gasteiger partial charge in [0, 0.05) is 39.2 Å². The van der Waals surface area contributed by atoms with Crippen LogP contribution in [0.25, 0.3) is 0 Å². The van der Waals surface area contributed by atoms with E-state index in [1.54, 1.807) is 18.7 Å². The van der Waals surface area contributed by atoms with E-state index in [-0.39, 0.29) is 5.56 Å². The Morgan fingerprint density at radius 2 is 2.27 bits per heavy atom. The summed E-state index contributed by atoms with van der Waals surface area (Å²) in [5.41, 5.74) is 0.797. The van der Waals surface area contributed by atoms with Gasteiger partial charge in [0.2, 0.25) is 5.95 Å². The molecule has 1 atom stereocenters. The van der Waals surface area contributed by atoms with Gasteiger partial charge in [0.05, 0.1) is 12.2 Å². The Morgan fingerprint density at radius 1 is 1.41 bits per heavy atom. The third kappa shape index (κ3) is 3.33. The van der Waals surface area contributed by atoms with Crippen molar-refractivity contribution in [3.8, 4) is 0 Å². The minimum Gasteiger partial charge on any atom is -0.348 e. The van der Waals surface area contributed by atoms with Crippen molar-refractivity contribution in [1.29, 1.82) is 0 Å². The van der Waals surface area contributed by atoms with Gasteiger partial charge in [0.25, 0.3) is 5.56 Å². The van der Waals surface area contributed by atoms with E-state index < -0.39 is 0 Å². The van der Waals surface area contributed by atoms with Crippen molar-refractivity contribution in [2.24, 2.45) is 0 Å². The van der Waals surface area contributed by atoms with E-state index in [2.05, 4.69) is 25.0 Å². The Kier molecular flexibility index (Phi) is 4.19. The lowest BCUT2D eigenvalue weighted by Crippen LogP contribution is -2.26. The van der Waals surface area contributed by atoms with Crippen molar-refractivity contribution < 1.29 is 0 Å². The summed E-state index contributed by atoms with van der Waals surface area (Å²) in [5, 5.41) is 4.11. The van der Waals surface area contributed by atoms with Gasteiger partial charge in [-0.3, -0.25) is 14.5 Å². The third-order valence-electron chi connectivity index (χ3n) is 3.98. The SMILES string of the molecule is CN(C)c1nc(C2CCN(CCn3cncn3)C2)cc(=O)[nH]1. The highest BCUT2D eigenvalue weighted by atomic mass is 16.1. The van der Waals surface area contributed by atoms with E-state index in [4.69, 9.17) is 0 Å². The van der Waals surface area contributed by atoms with Crippen molar-refractivity contribution >= 4 is 5.95 Å². The highest BCUT2D eigenvalue weighted by molar-refractivity contribution is 5.28. The molecule has 8 nitrogen and oxygen atoms in total. The molecular weight excluding hydrogens is 282 g/mol. The molecule has 1 aliphatic heterocycles. The first-order chi connectivity index (χ1) is 10.6. The molecule has 1 aliphatic rings. The fourth-order valence-corrected chi connectivity index (χ4v) is 2.75. The maximum atomic E-state index is 11.8. The predicted molar refractivity (Wildman–Crippen MR) is 83.0 cm³/mol. The Labute approximate surface area is 128 Å². The Morgan fingerprint density at radius 3 is 3.00 bits per heavy atom. The van der Waals surface area contributed by atoms with Crippen LogP contribution in [0, 0.1) is 0 Å². The van der Waals surface area contributed by atoms with Crippen LogP contribution in [0.15, 0.2) is 23.5 Å². The summed E-state index contributed by atoms with van der Waals surface area (Å²) in [6, 6.07) is 1.62. The molecule has 0 amide bonds. The molecule has 2 aromatic heterocycles. The lowest BCUT2D eigenvalue weighted by atomic mass is 10.1. The van der Waals surface area contributed by atoms with Crippen LogP contribution in [0.2, 0.25) is 0 Å². The second-order valence-electron chi connectivity index (χ2n) is 5.83. The molecule has 1 N–H and O–H groups in total. The highest BCUT2D eigenvalue weighted by Crippen LogP contribution is 2.25. The molecule has 3 rings (SSSR count). The normalized spacial score (nSPS) is 18.7. The average Bonchev–Trinajstić information content (AvgIpc) is 3.16. The number of likely N-dealkylation sites (tertiary alicyclic amines) is 1. The fourth-order valence-electron chi connectivity index (χ4n) is 2.75. The van der Waals surface area contributed by atoms with Crippen molar-refractivity contribution in [2.75, 3.05) is 38.6 Å². The number of hydrogen-bond donors (Lipinski definition) is 1. The van der Waals surface area contributed by atoms with E-state index in [1.165, 1.54) is 0 Å². The van der Waals surface area contributed by atoms with Crippen LogP contribution in [0.4, 0.5) is 5.95 Å². The summed E-state index contributed by atoms with van der Waals surface area (Å²) < 4.78 is 1.84. The third-order valence-corrected chi connectivity index (χ3v) is 3.98. The van der Waals surface area contributed by atoms with Crippen molar-refractivity contribution in [3.05, 3.63) is 34.8 Å². The summed E-state index contributed by atoms with van der Waals surface area (Å²) in [6.07, 6.45) is 4.31. The van der Waals surface area contributed by atoms with Gasteiger partial charge in [-0.15, -0.1) is 0 Å². The average molecular weight is 303 g/mol. The van der Waals surface area contributed by atoms with Crippen LogP contribution in [-0.2, 0) is 6.54 Å². The van der Waals surface area contributed by atoms with Crippen LogP contribution < -0.4 is 10.5 Å². The van der Waals surface area contributed by atoms with Crippen molar-refractivity contribution in [2.45, 2.75) is 18.9 Å². The molecule has 0 saturated carbocycles. The topological polar surface area (TPSA) is 82.9 Å². The lowest BCUT2D eigenvalue weighted by molar-refractivity contribution is 0.311. The number of anilines is 1. The van der Waals surface area contributed by atoms with Crippen LogP contribution in [-0.4, -0.2) is 63.4 Å². The Hall–Kier alpha value is -2.22. The van der Waals surface area contributed by atoms with Gasteiger partial charge >= 0.3 is 0 Å². The number of nitrogens with one attached hydrogen (secondary N) is 1. The zero-order valence-electron chi connectivity index (χ0n) is 12.9. The van der Waals surface area contributed by atoms with E-state index in [1.807, 2.05) is 23.7 Å². The molecular formula is C14H21N7O. The van der Waals surface area contributed by atoms with E-state index >= 15 is 0 Å². The molecule has 0 aromatic carbocycles. The van der Waals surface area contributed by atoms with Crippen LogP contribution >= 0.6 is 0 Å². The molecule has 1 saturated heterocycles. The molecule has 1 unspecified atom stereocenters. The van der Waals surface area contributed by atoms with Gasteiger partial charge in [-0.05, 0) is 13.0 Å². The van der Waals surface area contributed by atoms with Crippen LogP contribution in [0.1, 0.15) is 18.0 Å². The van der Waals surface area contributed by atoms with Gasteiger partial charge in [-0.25, -0.2) is 9.97 Å². The zero-order valence-corrected chi connectivity index (χ0v) is 12.9. The smallest absolute Gasteiger partial charge is 0.252 e. The molecule has 22 heavy (non-hydrogen) atoms. The van der Waals surface area contributed by atoms with E-state index in [0.717, 1.165) is 38.3 Å². The van der Waals surface area contributed by atoms with Crippen molar-refractivity contribution in [1.82, 2.24) is 29.6 Å². The first kappa shape index (κ1) is 14.7. The number of aromatic amines is 1. The number of hydrogen-bond acceptors (Lipinski definition) is 6. The first-order valence-corrected chi connectivity index (χ1v) is 7.45. The molecule has 0 aliphatic carbocycles. The number of rotatable bonds is 5. The van der Waals surface area contributed by atoms with E-state index in [0.29, 0.717) is 11.9 Å². The summed E-state index contributed by atoms with van der Waals surface area (Å²) in [5.74, 6) is 0.931. The molecule has 0 spiro atoms. The first-order valence-electron chi connectivity index (χ1n) is 7.45. The number of aromatic nitrogens is 5. The number of H-pyrrole nitrogens is 1. The van der Waals surface area contributed by atoms with E-state index in [9.17, 15) is 4.79 Å². The van der Waals surface area contributed by atoms with Gasteiger partial charge < -0.3 is 9.80 Å². The minimum atomic E-state index is -0.0882. The second kappa shape index (κ2) is 6.27. The fraction of sp³-hybridized carbons (Fsp3) is 0.571. The van der Waals surface area contributed by atoms with Gasteiger partial charge in [-0.2, -0.15) is 5.10 Å². The quantitative estimate of drug-likeness (QED) is 0.832. The maximum Gasteiger partial charge on any atom is 0.252 e. The lowest BCUT2D eigenvalue weighted by Gasteiger charge is -2.16. The molecule has 118 valence electrons. The van der Waals surface area contributed by atoms with Gasteiger partial charge in [0.1, 0.15) is 12.7 Å². The molecule has 8 heteroatoms. The molecule has 1 fully saturated rings. The summed E-state index contributed by atoms with van der Waals surface area (Å²) in [7, 11) is 3.75. The molecule has 2 aromatic rings. The monoisotopic (exact) mass is 303 g/mol. The predicted octanol–water partition coefficient (Wildman–Crippen LogP) is -0.0831. The zero-order chi connectivity index (χ0) is 15.5. The molecule has 0 bridgehead atoms. The summed E-state index contributed by atoms with van der Waals surface area (Å²) >= 11 is 0. The number of nitrogens with zero attached hydrogens (tertiary/aromatic N) is 6. The largest absolute Gasteiger partial charge is 0.348 e. The minimum absolute atomic E-state index is 0.0882. The second-order valence-corrected chi connectivity index (χ2v) is 5.83. The maximum absolute atomic E-state index is 11.8. The van der Waals surface area contributed by atoms with Crippen LogP contribution in [0.3, 0.4) is 0 Å². The van der Waals surface area contributed by atoms with Gasteiger partial charge in [0.15, 0.2) is 0 Å². The molecule has 0 radical (unpaired) electrons. The Balaban J connectivity index is 1.63. The summed E-state index contributed by atoms with van der Waals surface area (Å²) in [4.78, 5) is 27.3. The highest BCUT2D eigenvalue weighted by Gasteiger charge is 2.25. The van der Waals surface area contributed by atoms with Gasteiger partial charge in [-0.1, -0.05) is 0 Å².